The van der Waals surface area contributed by atoms with Gasteiger partial charge in [0.15, 0.2) is 5.78 Å². The van der Waals surface area contributed by atoms with Gasteiger partial charge in [0.2, 0.25) is 0 Å². The standard InChI is InChI=1S/C8H10N3O6P/c9-8(12)10-7(18(15,16)17)5-1-3-6(4-2-5)11(13)14/h1-4,7H,(H3,9,10,12)(H2,15,16,17). The third-order valence-electron chi connectivity index (χ3n) is 2.03. The summed E-state index contributed by atoms with van der Waals surface area (Å²) in [7, 11) is -4.67. The van der Waals surface area contributed by atoms with Crippen molar-refractivity contribution in [3.05, 3.63) is 39.9 Å². The van der Waals surface area contributed by atoms with E-state index in [1.807, 2.05) is 5.32 Å². The molecule has 0 heterocycles. The zero-order valence-electron chi connectivity index (χ0n) is 8.89. The largest absolute Gasteiger partial charge is 0.352 e. The third-order valence-corrected chi connectivity index (χ3v) is 3.13. The molecule has 0 aromatic heterocycles. The van der Waals surface area contributed by atoms with Gasteiger partial charge in [-0.15, -0.1) is 0 Å². The number of hydrogen-bond acceptors (Lipinski definition) is 4. The second-order valence-corrected chi connectivity index (χ2v) is 5.04. The van der Waals surface area contributed by atoms with Gasteiger partial charge < -0.3 is 20.8 Å². The molecule has 2 amide bonds. The summed E-state index contributed by atoms with van der Waals surface area (Å²) >= 11 is 0. The molecular formula is C8H10N3O6P. The number of benzene rings is 1. The van der Waals surface area contributed by atoms with Crippen molar-refractivity contribution in [2.24, 2.45) is 5.73 Å². The zero-order chi connectivity index (χ0) is 13.9. The molecule has 0 fully saturated rings. The van der Waals surface area contributed by atoms with Gasteiger partial charge in [-0.3, -0.25) is 14.7 Å². The van der Waals surface area contributed by atoms with Crippen molar-refractivity contribution in [3.63, 3.8) is 0 Å². The number of rotatable bonds is 4. The third kappa shape index (κ3) is 3.52. The number of nitro groups is 1. The lowest BCUT2D eigenvalue weighted by Gasteiger charge is -2.18. The molecule has 18 heavy (non-hydrogen) atoms. The fraction of sp³-hybridized carbons (Fsp3) is 0.125. The van der Waals surface area contributed by atoms with Crippen LogP contribution >= 0.6 is 7.60 Å². The maximum Gasteiger partial charge on any atom is 0.352 e. The molecule has 1 unspecified atom stereocenters. The number of carbonyl (C=O) groups excluding carboxylic acids is 1. The van der Waals surface area contributed by atoms with Crippen molar-refractivity contribution in [3.8, 4) is 0 Å². The van der Waals surface area contributed by atoms with E-state index in [0.29, 0.717) is 0 Å². The smallest absolute Gasteiger partial charge is 0.352 e. The molecule has 1 rings (SSSR count). The molecular weight excluding hydrogens is 265 g/mol. The van der Waals surface area contributed by atoms with Crippen LogP contribution in [0.4, 0.5) is 10.5 Å². The second kappa shape index (κ2) is 5.13. The highest BCUT2D eigenvalue weighted by molar-refractivity contribution is 7.52. The minimum atomic E-state index is -4.67. The number of nitrogens with two attached hydrogens (primary N) is 1. The van der Waals surface area contributed by atoms with Gasteiger partial charge in [0.1, 0.15) is 0 Å². The Bertz CT molecular complexity index is 510. The monoisotopic (exact) mass is 275 g/mol. The first-order chi connectivity index (χ1) is 8.21. The first-order valence-electron chi connectivity index (χ1n) is 4.57. The zero-order valence-corrected chi connectivity index (χ0v) is 9.78. The summed E-state index contributed by atoms with van der Waals surface area (Å²) in [5.74, 6) is -1.63. The fourth-order valence-electron chi connectivity index (χ4n) is 1.27. The van der Waals surface area contributed by atoms with Crippen LogP contribution in [0, 0.1) is 10.1 Å². The first kappa shape index (κ1) is 14.1. The molecule has 5 N–H and O–H groups in total. The molecule has 1 atom stereocenters. The number of carbonyl (C=O) groups is 1. The lowest BCUT2D eigenvalue weighted by Crippen LogP contribution is -2.33. The highest BCUT2D eigenvalue weighted by Gasteiger charge is 2.31. The van der Waals surface area contributed by atoms with Gasteiger partial charge in [-0.1, -0.05) is 0 Å². The summed E-state index contributed by atoms with van der Waals surface area (Å²) in [6.45, 7) is 0. The van der Waals surface area contributed by atoms with Crippen LogP contribution in [0.15, 0.2) is 24.3 Å². The van der Waals surface area contributed by atoms with Crippen LogP contribution in [0.3, 0.4) is 0 Å². The lowest BCUT2D eigenvalue weighted by atomic mass is 10.2. The van der Waals surface area contributed by atoms with E-state index in [1.165, 1.54) is 0 Å². The second-order valence-electron chi connectivity index (χ2n) is 3.35. The summed E-state index contributed by atoms with van der Waals surface area (Å²) in [6.07, 6.45) is 0. The Labute approximate surface area is 101 Å². The topological polar surface area (TPSA) is 156 Å². The van der Waals surface area contributed by atoms with Gasteiger partial charge in [0, 0.05) is 12.1 Å². The Morgan fingerprint density at radius 2 is 1.89 bits per heavy atom. The quantitative estimate of drug-likeness (QED) is 0.355. The van der Waals surface area contributed by atoms with Crippen LogP contribution in [-0.2, 0) is 4.57 Å². The van der Waals surface area contributed by atoms with Crippen LogP contribution in [0.25, 0.3) is 0 Å². The summed E-state index contributed by atoms with van der Waals surface area (Å²) < 4.78 is 11.2. The van der Waals surface area contributed by atoms with E-state index in [-0.39, 0.29) is 11.3 Å². The number of nitrogens with zero attached hydrogens (tertiary/aromatic N) is 1. The Morgan fingerprint density at radius 3 is 2.22 bits per heavy atom. The van der Waals surface area contributed by atoms with Crippen LogP contribution in [0.5, 0.6) is 0 Å². The molecule has 0 radical (unpaired) electrons. The van der Waals surface area contributed by atoms with Crippen LogP contribution in [-0.4, -0.2) is 20.7 Å². The molecule has 0 aliphatic heterocycles. The number of urea groups is 1. The molecule has 1 aromatic rings. The van der Waals surface area contributed by atoms with E-state index >= 15 is 0 Å². The molecule has 10 heteroatoms. The van der Waals surface area contributed by atoms with E-state index in [1.54, 1.807) is 0 Å². The number of nitrogens with one attached hydrogen (secondary N) is 1. The molecule has 98 valence electrons. The molecule has 0 saturated heterocycles. The Hall–Kier alpha value is -1.96. The van der Waals surface area contributed by atoms with Crippen molar-refractivity contribution in [1.82, 2.24) is 5.32 Å². The molecule has 0 aliphatic carbocycles. The molecule has 0 aliphatic rings. The van der Waals surface area contributed by atoms with Crippen molar-refractivity contribution in [2.75, 3.05) is 0 Å². The Kier molecular flexibility index (Phi) is 4.02. The number of primary amides is 1. The maximum atomic E-state index is 11.2. The van der Waals surface area contributed by atoms with Gasteiger partial charge >= 0.3 is 13.6 Å². The van der Waals surface area contributed by atoms with E-state index in [9.17, 15) is 19.5 Å². The van der Waals surface area contributed by atoms with Gasteiger partial charge in [0.05, 0.1) is 4.92 Å². The van der Waals surface area contributed by atoms with Gasteiger partial charge in [-0.05, 0) is 17.7 Å². The molecule has 0 spiro atoms. The van der Waals surface area contributed by atoms with E-state index < -0.39 is 24.3 Å². The van der Waals surface area contributed by atoms with Crippen LogP contribution in [0.2, 0.25) is 0 Å². The van der Waals surface area contributed by atoms with Crippen molar-refractivity contribution in [2.45, 2.75) is 5.78 Å². The number of nitro benzene ring substituents is 1. The molecule has 9 nitrogen and oxygen atoms in total. The van der Waals surface area contributed by atoms with Crippen molar-refractivity contribution >= 4 is 19.3 Å². The highest BCUT2D eigenvalue weighted by atomic mass is 31.2. The van der Waals surface area contributed by atoms with Gasteiger partial charge in [-0.2, -0.15) is 0 Å². The maximum absolute atomic E-state index is 11.2. The number of hydrogen-bond donors (Lipinski definition) is 4. The van der Waals surface area contributed by atoms with Crippen molar-refractivity contribution < 1.29 is 24.1 Å². The Morgan fingerprint density at radius 1 is 1.39 bits per heavy atom. The molecule has 1 aromatic carbocycles. The van der Waals surface area contributed by atoms with Crippen molar-refractivity contribution in [1.29, 1.82) is 0 Å². The summed E-state index contributed by atoms with van der Waals surface area (Å²) in [5, 5.41) is 12.3. The predicted molar refractivity (Wildman–Crippen MR) is 60.6 cm³/mol. The summed E-state index contributed by atoms with van der Waals surface area (Å²) in [4.78, 5) is 38.6. The normalized spacial score (nSPS) is 12.8. The number of amides is 2. The average molecular weight is 275 g/mol. The first-order valence-corrected chi connectivity index (χ1v) is 6.25. The summed E-state index contributed by atoms with van der Waals surface area (Å²) in [6, 6.07) is 3.30. The van der Waals surface area contributed by atoms with E-state index in [4.69, 9.17) is 15.5 Å². The lowest BCUT2D eigenvalue weighted by molar-refractivity contribution is -0.384. The van der Waals surface area contributed by atoms with E-state index in [0.717, 1.165) is 24.3 Å². The summed E-state index contributed by atoms with van der Waals surface area (Å²) in [5.41, 5.74) is 4.59. The molecule has 0 saturated carbocycles. The minimum absolute atomic E-state index is 0.0210. The SMILES string of the molecule is NC(=O)NC(c1ccc([N+](=O)[O-])cc1)P(=O)(O)O. The predicted octanol–water partition coefficient (Wildman–Crippen LogP) is 0.439. The van der Waals surface area contributed by atoms with Crippen LogP contribution in [0.1, 0.15) is 11.3 Å². The highest BCUT2D eigenvalue weighted by Crippen LogP contribution is 2.49. The van der Waals surface area contributed by atoms with E-state index in [2.05, 4.69) is 0 Å². The van der Waals surface area contributed by atoms with Gasteiger partial charge in [-0.25, -0.2) is 4.79 Å². The number of non-ortho nitro benzene ring substituents is 1. The fourth-order valence-corrected chi connectivity index (χ4v) is 2.13. The minimum Gasteiger partial charge on any atom is -0.352 e. The average Bonchev–Trinajstić information content (AvgIpc) is 2.24. The van der Waals surface area contributed by atoms with Gasteiger partial charge in [0.25, 0.3) is 5.69 Å². The molecule has 0 bridgehead atoms. The van der Waals surface area contributed by atoms with Crippen LogP contribution < -0.4 is 11.1 Å². The Balaban J connectivity index is 3.10.